The Morgan fingerprint density at radius 3 is 2.65 bits per heavy atom. The van der Waals surface area contributed by atoms with Gasteiger partial charge in [0.15, 0.2) is 0 Å². The summed E-state index contributed by atoms with van der Waals surface area (Å²) in [6, 6.07) is 5.91. The predicted molar refractivity (Wildman–Crippen MR) is 81.0 cm³/mol. The molecular weight excluding hydrogens is 254 g/mol. The molecule has 0 spiro atoms. The molecule has 20 heavy (non-hydrogen) atoms. The molecule has 1 heterocycles. The second-order valence-electron chi connectivity index (χ2n) is 5.68. The van der Waals surface area contributed by atoms with E-state index in [0.717, 1.165) is 18.8 Å². The Balaban J connectivity index is 2.32. The molecule has 0 bridgehead atoms. The Morgan fingerprint density at radius 1 is 1.40 bits per heavy atom. The van der Waals surface area contributed by atoms with Gasteiger partial charge in [0.2, 0.25) is 0 Å². The van der Waals surface area contributed by atoms with Crippen LogP contribution >= 0.6 is 0 Å². The number of nitrogen functional groups attached to an aromatic ring is 1. The number of anilines is 2. The molecule has 0 aliphatic carbocycles. The van der Waals surface area contributed by atoms with E-state index in [1.54, 1.807) is 6.07 Å². The number of nitrogens with two attached hydrogens (primary N) is 1. The third kappa shape index (κ3) is 2.72. The van der Waals surface area contributed by atoms with E-state index in [1.165, 1.54) is 7.11 Å². The van der Waals surface area contributed by atoms with Crippen molar-refractivity contribution in [3.8, 4) is 0 Å². The first kappa shape index (κ1) is 14.7. The van der Waals surface area contributed by atoms with Gasteiger partial charge in [0, 0.05) is 24.8 Å². The summed E-state index contributed by atoms with van der Waals surface area (Å²) < 4.78 is 4.86. The zero-order chi connectivity index (χ0) is 14.9. The van der Waals surface area contributed by atoms with Gasteiger partial charge in [-0.15, -0.1) is 0 Å². The van der Waals surface area contributed by atoms with Crippen LogP contribution in [0.5, 0.6) is 0 Å². The van der Waals surface area contributed by atoms with E-state index in [2.05, 4.69) is 30.8 Å². The third-order valence-electron chi connectivity index (χ3n) is 4.00. The van der Waals surface area contributed by atoms with Crippen LogP contribution in [0.2, 0.25) is 0 Å². The van der Waals surface area contributed by atoms with Crippen LogP contribution in [0, 0.1) is 5.92 Å². The number of carbonyl (C=O) groups excluding carboxylic acids is 1. The fourth-order valence-corrected chi connectivity index (χ4v) is 2.92. The minimum atomic E-state index is -0.340. The highest BCUT2D eigenvalue weighted by molar-refractivity contribution is 5.97. The van der Waals surface area contributed by atoms with Crippen LogP contribution in [-0.4, -0.2) is 51.2 Å². The summed E-state index contributed by atoms with van der Waals surface area (Å²) in [6.07, 6.45) is 0. The molecule has 0 saturated carbocycles. The van der Waals surface area contributed by atoms with Gasteiger partial charge in [-0.05, 0) is 38.2 Å². The standard InChI is InChI=1S/C15H23N3O2/c1-10-8-18(9-14(10)17(2)3)13-6-5-11(16)7-12(13)15(19)20-4/h5-7,10,14H,8-9,16H2,1-4H3. The van der Waals surface area contributed by atoms with Gasteiger partial charge in [0.1, 0.15) is 0 Å². The highest BCUT2D eigenvalue weighted by Crippen LogP contribution is 2.30. The van der Waals surface area contributed by atoms with Crippen molar-refractivity contribution in [2.75, 3.05) is 44.9 Å². The molecule has 1 aromatic carbocycles. The molecule has 0 aromatic heterocycles. The van der Waals surface area contributed by atoms with E-state index in [9.17, 15) is 4.79 Å². The molecule has 5 nitrogen and oxygen atoms in total. The number of hydrogen-bond acceptors (Lipinski definition) is 5. The Morgan fingerprint density at radius 2 is 2.10 bits per heavy atom. The lowest BCUT2D eigenvalue weighted by molar-refractivity contribution is 0.0601. The number of benzene rings is 1. The lowest BCUT2D eigenvalue weighted by Gasteiger charge is -2.24. The number of nitrogens with zero attached hydrogens (tertiary/aromatic N) is 2. The molecule has 0 radical (unpaired) electrons. The van der Waals surface area contributed by atoms with E-state index < -0.39 is 0 Å². The SMILES string of the molecule is COC(=O)c1cc(N)ccc1N1CC(C)C(N(C)C)C1. The summed E-state index contributed by atoms with van der Waals surface area (Å²) in [7, 11) is 5.58. The highest BCUT2D eigenvalue weighted by atomic mass is 16.5. The summed E-state index contributed by atoms with van der Waals surface area (Å²) in [5, 5.41) is 0. The minimum absolute atomic E-state index is 0.340. The normalized spacial score (nSPS) is 22.4. The molecule has 2 atom stereocenters. The van der Waals surface area contributed by atoms with Crippen LogP contribution in [-0.2, 0) is 4.74 Å². The molecule has 5 heteroatoms. The van der Waals surface area contributed by atoms with Crippen molar-refractivity contribution < 1.29 is 9.53 Å². The molecular formula is C15H23N3O2. The second kappa shape index (κ2) is 5.71. The fraction of sp³-hybridized carbons (Fsp3) is 0.533. The maximum atomic E-state index is 11.9. The van der Waals surface area contributed by atoms with Crippen LogP contribution in [0.3, 0.4) is 0 Å². The molecule has 2 unspecified atom stereocenters. The van der Waals surface area contributed by atoms with E-state index in [-0.39, 0.29) is 5.97 Å². The summed E-state index contributed by atoms with van der Waals surface area (Å²) in [5.41, 5.74) is 7.81. The Hall–Kier alpha value is -1.75. The average molecular weight is 277 g/mol. The summed E-state index contributed by atoms with van der Waals surface area (Å²) >= 11 is 0. The fourth-order valence-electron chi connectivity index (χ4n) is 2.92. The van der Waals surface area contributed by atoms with Gasteiger partial charge in [-0.3, -0.25) is 0 Å². The summed E-state index contributed by atoms with van der Waals surface area (Å²) in [4.78, 5) is 16.4. The number of ether oxygens (including phenoxy) is 1. The van der Waals surface area contributed by atoms with Gasteiger partial charge in [0.25, 0.3) is 0 Å². The smallest absolute Gasteiger partial charge is 0.340 e. The van der Waals surface area contributed by atoms with Crippen molar-refractivity contribution in [3.05, 3.63) is 23.8 Å². The van der Waals surface area contributed by atoms with E-state index in [1.807, 2.05) is 12.1 Å². The predicted octanol–water partition coefficient (Wildman–Crippen LogP) is 1.44. The molecule has 110 valence electrons. The quantitative estimate of drug-likeness (QED) is 0.669. The van der Waals surface area contributed by atoms with Crippen LogP contribution in [0.4, 0.5) is 11.4 Å². The Kier molecular flexibility index (Phi) is 4.18. The zero-order valence-corrected chi connectivity index (χ0v) is 12.6. The summed E-state index contributed by atoms with van der Waals surface area (Å²) in [5.74, 6) is 0.210. The Labute approximate surface area is 120 Å². The molecule has 2 N–H and O–H groups in total. The molecule has 2 rings (SSSR count). The van der Waals surface area contributed by atoms with E-state index in [4.69, 9.17) is 10.5 Å². The average Bonchev–Trinajstić information content (AvgIpc) is 2.79. The lowest BCUT2D eigenvalue weighted by atomic mass is 10.1. The van der Waals surface area contributed by atoms with Crippen molar-refractivity contribution in [2.45, 2.75) is 13.0 Å². The van der Waals surface area contributed by atoms with Gasteiger partial charge in [-0.25, -0.2) is 4.79 Å². The monoisotopic (exact) mass is 277 g/mol. The molecule has 1 aromatic rings. The first-order valence-electron chi connectivity index (χ1n) is 6.83. The lowest BCUT2D eigenvalue weighted by Crippen LogP contribution is -2.34. The highest BCUT2D eigenvalue weighted by Gasteiger charge is 2.32. The maximum Gasteiger partial charge on any atom is 0.340 e. The first-order chi connectivity index (χ1) is 9.43. The molecule has 1 aliphatic rings. The van der Waals surface area contributed by atoms with Crippen molar-refractivity contribution in [2.24, 2.45) is 5.92 Å². The number of likely N-dealkylation sites (N-methyl/N-ethyl adjacent to an activating group) is 1. The van der Waals surface area contributed by atoms with Crippen LogP contribution in [0.15, 0.2) is 18.2 Å². The van der Waals surface area contributed by atoms with Gasteiger partial charge >= 0.3 is 5.97 Å². The molecule has 1 aliphatic heterocycles. The van der Waals surface area contributed by atoms with Gasteiger partial charge < -0.3 is 20.3 Å². The largest absolute Gasteiger partial charge is 0.465 e. The van der Waals surface area contributed by atoms with Gasteiger partial charge in [-0.1, -0.05) is 6.92 Å². The minimum Gasteiger partial charge on any atom is -0.465 e. The number of rotatable bonds is 3. The van der Waals surface area contributed by atoms with Crippen molar-refractivity contribution >= 4 is 17.3 Å². The van der Waals surface area contributed by atoms with Crippen molar-refractivity contribution in [3.63, 3.8) is 0 Å². The third-order valence-corrected chi connectivity index (χ3v) is 4.00. The topological polar surface area (TPSA) is 58.8 Å². The zero-order valence-electron chi connectivity index (χ0n) is 12.6. The number of hydrogen-bond donors (Lipinski definition) is 1. The van der Waals surface area contributed by atoms with Crippen LogP contribution in [0.25, 0.3) is 0 Å². The van der Waals surface area contributed by atoms with E-state index >= 15 is 0 Å². The molecule has 1 fully saturated rings. The Bertz CT molecular complexity index is 502. The van der Waals surface area contributed by atoms with Crippen LogP contribution in [0.1, 0.15) is 17.3 Å². The summed E-state index contributed by atoms with van der Waals surface area (Å²) in [6.45, 7) is 4.07. The maximum absolute atomic E-state index is 11.9. The van der Waals surface area contributed by atoms with E-state index in [0.29, 0.717) is 23.2 Å². The van der Waals surface area contributed by atoms with Gasteiger partial charge in [-0.2, -0.15) is 0 Å². The van der Waals surface area contributed by atoms with Crippen molar-refractivity contribution in [1.82, 2.24) is 4.90 Å². The molecule has 0 amide bonds. The first-order valence-corrected chi connectivity index (χ1v) is 6.83. The number of methoxy groups -OCH3 is 1. The van der Waals surface area contributed by atoms with Crippen molar-refractivity contribution in [1.29, 1.82) is 0 Å². The van der Waals surface area contributed by atoms with Gasteiger partial charge in [0.05, 0.1) is 18.4 Å². The van der Waals surface area contributed by atoms with Crippen LogP contribution < -0.4 is 10.6 Å². The number of esters is 1. The molecule has 1 saturated heterocycles. The number of carbonyl (C=O) groups is 1. The second-order valence-corrected chi connectivity index (χ2v) is 5.68.